The first kappa shape index (κ1) is 17.0. The fourth-order valence-electron chi connectivity index (χ4n) is 4.07. The Hall–Kier alpha value is -2.89. The number of nitrogens with zero attached hydrogens (tertiary/aromatic N) is 2. The summed E-state index contributed by atoms with van der Waals surface area (Å²) in [6, 6.07) is 14.3. The maximum absolute atomic E-state index is 15.8. The van der Waals surface area contributed by atoms with Gasteiger partial charge in [-0.3, -0.25) is 4.98 Å². The second-order valence-electron chi connectivity index (χ2n) is 7.15. The molecule has 6 heteroatoms. The van der Waals surface area contributed by atoms with Crippen molar-refractivity contribution in [3.63, 3.8) is 0 Å². The predicted octanol–water partition coefficient (Wildman–Crippen LogP) is 4.96. The molecule has 0 radical (unpaired) electrons. The molecule has 1 aliphatic heterocycles. The van der Waals surface area contributed by atoms with Crippen molar-refractivity contribution in [1.82, 2.24) is 10.3 Å². The summed E-state index contributed by atoms with van der Waals surface area (Å²) in [5.74, 6) is -0.455. The summed E-state index contributed by atoms with van der Waals surface area (Å²) in [5, 5.41) is 14.2. The van der Waals surface area contributed by atoms with Gasteiger partial charge >= 0.3 is 0 Å². The Bertz CT molecular complexity index is 1270. The van der Waals surface area contributed by atoms with Gasteiger partial charge in [0.2, 0.25) is 0 Å². The quantitative estimate of drug-likeness (QED) is 0.491. The maximum atomic E-state index is 15.8. The molecular formula is C23H19ClFN3O. The van der Waals surface area contributed by atoms with E-state index >= 15 is 4.39 Å². The first-order chi connectivity index (χ1) is 14.5. The molecule has 4 aromatic rings. The molecule has 0 bridgehead atoms. The lowest BCUT2D eigenvalue weighted by molar-refractivity contribution is 0.476. The predicted molar refractivity (Wildman–Crippen MR) is 116 cm³/mol. The molecule has 5 rings (SSSR count). The zero-order valence-corrected chi connectivity index (χ0v) is 16.3. The third-order valence-electron chi connectivity index (χ3n) is 5.42. The number of aromatic hydroxyl groups is 1. The van der Waals surface area contributed by atoms with Gasteiger partial charge in [0.25, 0.3) is 0 Å². The van der Waals surface area contributed by atoms with Crippen LogP contribution in [0.3, 0.4) is 0 Å². The highest BCUT2D eigenvalue weighted by atomic mass is 35.5. The number of rotatable bonds is 2. The number of hydrogen-bond donors (Lipinski definition) is 2. The summed E-state index contributed by atoms with van der Waals surface area (Å²) < 4.78 is 23.6. The normalized spacial score (nSPS) is 15.8. The van der Waals surface area contributed by atoms with Crippen LogP contribution in [0.1, 0.15) is 0 Å². The fraction of sp³-hybridized carbons (Fsp3) is 0.174. The Kier molecular flexibility index (Phi) is 4.21. The van der Waals surface area contributed by atoms with Gasteiger partial charge in [-0.15, -0.1) is 0 Å². The number of pyridine rings is 1. The number of benzene rings is 3. The number of phenols is 1. The summed E-state index contributed by atoms with van der Waals surface area (Å²) in [6.45, 7) is 2.60. The maximum Gasteiger partial charge on any atom is 0.158 e. The number of hydrogen-bond acceptors (Lipinski definition) is 4. The van der Waals surface area contributed by atoms with Crippen molar-refractivity contribution in [3.05, 3.63) is 65.6 Å². The molecule has 4 nitrogen and oxygen atoms in total. The van der Waals surface area contributed by atoms with Crippen LogP contribution in [0.4, 0.5) is 10.1 Å². The van der Waals surface area contributed by atoms with E-state index in [0.29, 0.717) is 37.1 Å². The molecule has 0 amide bonds. The molecule has 1 aliphatic rings. The van der Waals surface area contributed by atoms with Gasteiger partial charge in [-0.05, 0) is 40.6 Å². The molecule has 0 spiro atoms. The first-order valence-electron chi connectivity index (χ1n) is 9.95. The van der Waals surface area contributed by atoms with Crippen LogP contribution in [0, 0.1) is 5.82 Å². The van der Waals surface area contributed by atoms with Crippen molar-refractivity contribution < 1.29 is 10.9 Å². The number of fused-ring (bicyclic) bond motifs is 2. The highest BCUT2D eigenvalue weighted by molar-refractivity contribution is 6.35. The standard InChI is InChI=1S/C23H19ClFN3O/c24-19-13-18-20(28-9-7-26-8-10-28)5-6-27-23(18)22(25)21(19)17-12-15(29)11-14-3-1-2-4-16(14)17/h1-6,11-13,26,29H,7-10H2/i/hT. The van der Waals surface area contributed by atoms with Gasteiger partial charge in [-0.25, -0.2) is 4.39 Å². The summed E-state index contributed by atoms with van der Waals surface area (Å²) in [6.07, 6.45) is 1.60. The van der Waals surface area contributed by atoms with Crippen LogP contribution in [0.25, 0.3) is 32.8 Å². The summed E-state index contributed by atoms with van der Waals surface area (Å²) >= 11 is 6.62. The molecule has 0 saturated carbocycles. The van der Waals surface area contributed by atoms with Gasteiger partial charge in [0, 0.05) is 49.0 Å². The molecular weight excluding hydrogens is 389 g/mol. The van der Waals surface area contributed by atoms with E-state index in [-0.39, 0.29) is 21.9 Å². The summed E-state index contributed by atoms with van der Waals surface area (Å²) in [7, 11) is 0. The highest BCUT2D eigenvalue weighted by Crippen LogP contribution is 2.42. The average Bonchev–Trinajstić information content (AvgIpc) is 2.74. The Morgan fingerprint density at radius 3 is 2.72 bits per heavy atom. The number of phenolic OH excluding ortho intramolecular Hbond substituents is 1. The lowest BCUT2D eigenvalue weighted by atomic mass is 9.96. The van der Waals surface area contributed by atoms with Gasteiger partial charge in [0.05, 0.1) is 5.02 Å². The minimum absolute atomic E-state index is 0.0502. The average molecular weight is 410 g/mol. The van der Waals surface area contributed by atoms with Crippen molar-refractivity contribution in [2.45, 2.75) is 0 Å². The van der Waals surface area contributed by atoms with Gasteiger partial charge in [0.15, 0.2) is 5.82 Å². The Labute approximate surface area is 174 Å². The van der Waals surface area contributed by atoms with E-state index in [1.54, 1.807) is 18.3 Å². The number of aromatic nitrogens is 1. The lowest BCUT2D eigenvalue weighted by Gasteiger charge is -2.30. The van der Waals surface area contributed by atoms with Crippen LogP contribution in [-0.2, 0) is 0 Å². The minimum Gasteiger partial charge on any atom is -0.508 e. The van der Waals surface area contributed by atoms with Crippen LogP contribution >= 0.6 is 11.6 Å². The zero-order valence-electron chi connectivity index (χ0n) is 16.6. The van der Waals surface area contributed by atoms with Crippen molar-refractivity contribution in [2.24, 2.45) is 0 Å². The van der Waals surface area contributed by atoms with E-state index in [4.69, 9.17) is 13.0 Å². The summed E-state index contributed by atoms with van der Waals surface area (Å²) in [5.41, 5.74) is 1.87. The van der Waals surface area contributed by atoms with Crippen molar-refractivity contribution >= 4 is 39.0 Å². The van der Waals surface area contributed by atoms with E-state index in [1.165, 1.54) is 11.4 Å². The Balaban J connectivity index is 1.73. The second-order valence-corrected chi connectivity index (χ2v) is 7.55. The minimum atomic E-state index is -0.505. The second kappa shape index (κ2) is 7.17. The zero-order chi connectivity index (χ0) is 20.8. The largest absolute Gasteiger partial charge is 0.508 e. The SMILES string of the molecule is [3H]N1CCN(c2ccnc3c(F)c(-c4cc(O)cc5ccccc45)c(Cl)cc23)CC1. The number of piperazine rings is 1. The number of anilines is 1. The van der Waals surface area contributed by atoms with Gasteiger partial charge < -0.3 is 15.3 Å². The van der Waals surface area contributed by atoms with Crippen molar-refractivity contribution in [2.75, 3.05) is 31.1 Å². The van der Waals surface area contributed by atoms with E-state index < -0.39 is 5.82 Å². The first-order valence-corrected chi connectivity index (χ1v) is 9.88. The Morgan fingerprint density at radius 1 is 1.10 bits per heavy atom. The monoisotopic (exact) mass is 409 g/mol. The number of nitrogens with one attached hydrogen (secondary N) is 1. The molecule has 146 valence electrons. The van der Waals surface area contributed by atoms with E-state index in [0.717, 1.165) is 16.5 Å². The molecule has 0 atom stereocenters. The molecule has 0 unspecified atom stereocenters. The van der Waals surface area contributed by atoms with Gasteiger partial charge in [-0.1, -0.05) is 35.9 Å². The molecule has 0 aliphatic carbocycles. The van der Waals surface area contributed by atoms with Crippen LogP contribution < -0.4 is 10.2 Å². The van der Waals surface area contributed by atoms with Crippen molar-refractivity contribution in [1.29, 1.82) is 0 Å². The molecule has 1 aromatic heterocycles. The molecule has 1 fully saturated rings. The lowest BCUT2D eigenvalue weighted by Crippen LogP contribution is -2.43. The third kappa shape index (κ3) is 3.07. The fourth-order valence-corrected chi connectivity index (χ4v) is 4.37. The summed E-state index contributed by atoms with van der Waals surface area (Å²) in [4.78, 5) is 6.44. The Morgan fingerprint density at radius 2 is 1.90 bits per heavy atom. The molecule has 2 N–H and O–H groups in total. The highest BCUT2D eigenvalue weighted by Gasteiger charge is 2.21. The smallest absolute Gasteiger partial charge is 0.158 e. The van der Waals surface area contributed by atoms with Gasteiger partial charge in [-0.2, -0.15) is 0 Å². The van der Waals surface area contributed by atoms with Crippen LogP contribution in [0.15, 0.2) is 54.7 Å². The molecule has 3 aromatic carbocycles. The van der Waals surface area contributed by atoms with Crippen LogP contribution in [0.2, 0.25) is 6.43 Å². The third-order valence-corrected chi connectivity index (χ3v) is 5.72. The number of halogens is 2. The van der Waals surface area contributed by atoms with E-state index in [9.17, 15) is 5.11 Å². The molecule has 1 saturated heterocycles. The van der Waals surface area contributed by atoms with Crippen LogP contribution in [-0.4, -0.2) is 36.3 Å². The van der Waals surface area contributed by atoms with Gasteiger partial charge in [0.1, 0.15) is 12.7 Å². The van der Waals surface area contributed by atoms with E-state index in [1.807, 2.05) is 30.3 Å². The topological polar surface area (TPSA) is 48.4 Å². The van der Waals surface area contributed by atoms with Crippen molar-refractivity contribution in [3.8, 4) is 16.9 Å². The molecule has 29 heavy (non-hydrogen) atoms. The molecule has 2 heterocycles. The van der Waals surface area contributed by atoms with Crippen LogP contribution in [0.5, 0.6) is 5.75 Å². The van der Waals surface area contributed by atoms with E-state index in [2.05, 4.69) is 9.88 Å².